The minimum atomic E-state index is -0.505. The van der Waals surface area contributed by atoms with Gasteiger partial charge in [-0.25, -0.2) is 4.79 Å². The maximum absolute atomic E-state index is 12.6. The van der Waals surface area contributed by atoms with E-state index in [1.807, 2.05) is 55.5 Å². The molecular weight excluding hydrogens is 344 g/mol. The second kappa shape index (κ2) is 8.58. The number of nitrogens with zero attached hydrogens (tertiary/aromatic N) is 1. The van der Waals surface area contributed by atoms with E-state index < -0.39 is 6.04 Å². The van der Waals surface area contributed by atoms with E-state index in [0.29, 0.717) is 37.5 Å². The minimum absolute atomic E-state index is 0.179. The monoisotopic (exact) mass is 368 g/mol. The van der Waals surface area contributed by atoms with E-state index in [0.717, 1.165) is 11.1 Å². The first-order valence-corrected chi connectivity index (χ1v) is 9.08. The van der Waals surface area contributed by atoms with Crippen LogP contribution in [0.2, 0.25) is 0 Å². The zero-order chi connectivity index (χ0) is 19.2. The van der Waals surface area contributed by atoms with Gasteiger partial charge < -0.3 is 14.8 Å². The fourth-order valence-corrected chi connectivity index (χ4v) is 3.16. The normalized spacial score (nSPS) is 16.4. The lowest BCUT2D eigenvalue weighted by molar-refractivity contribution is -0.127. The summed E-state index contributed by atoms with van der Waals surface area (Å²) in [4.78, 5) is 26.1. The number of hydrogen-bond acceptors (Lipinski definition) is 4. The second-order valence-corrected chi connectivity index (χ2v) is 6.35. The second-order valence-electron chi connectivity index (χ2n) is 6.35. The summed E-state index contributed by atoms with van der Waals surface area (Å²) >= 11 is 0. The van der Waals surface area contributed by atoms with Crippen molar-refractivity contribution in [1.82, 2.24) is 10.2 Å². The largest absolute Gasteiger partial charge is 0.493 e. The summed E-state index contributed by atoms with van der Waals surface area (Å²) in [6.07, 6.45) is 1.05. The van der Waals surface area contributed by atoms with Crippen LogP contribution in [0.15, 0.2) is 48.5 Å². The molecule has 1 aliphatic heterocycles. The predicted molar refractivity (Wildman–Crippen MR) is 102 cm³/mol. The Morgan fingerprint density at radius 2 is 1.81 bits per heavy atom. The summed E-state index contributed by atoms with van der Waals surface area (Å²) in [6.45, 7) is 2.80. The van der Waals surface area contributed by atoms with Gasteiger partial charge in [-0.3, -0.25) is 9.69 Å². The lowest BCUT2D eigenvalue weighted by Crippen LogP contribution is -2.33. The molecule has 6 nitrogen and oxygen atoms in total. The third-order valence-electron chi connectivity index (χ3n) is 4.54. The van der Waals surface area contributed by atoms with Gasteiger partial charge >= 0.3 is 6.03 Å². The van der Waals surface area contributed by atoms with Crippen molar-refractivity contribution in [1.29, 1.82) is 0 Å². The Morgan fingerprint density at radius 1 is 1.04 bits per heavy atom. The summed E-state index contributed by atoms with van der Waals surface area (Å²) in [5, 5.41) is 2.78. The van der Waals surface area contributed by atoms with Gasteiger partial charge in [0, 0.05) is 13.0 Å². The molecule has 0 radical (unpaired) electrons. The first-order valence-electron chi connectivity index (χ1n) is 9.08. The van der Waals surface area contributed by atoms with E-state index in [9.17, 15) is 9.59 Å². The predicted octanol–water partition coefficient (Wildman–Crippen LogP) is 2.80. The maximum Gasteiger partial charge on any atom is 0.324 e. The Kier molecular flexibility index (Phi) is 5.96. The van der Waals surface area contributed by atoms with Crippen molar-refractivity contribution in [3.63, 3.8) is 0 Å². The molecule has 0 unspecified atom stereocenters. The molecule has 0 saturated carbocycles. The topological polar surface area (TPSA) is 67.9 Å². The van der Waals surface area contributed by atoms with E-state index in [1.165, 1.54) is 4.90 Å². The van der Waals surface area contributed by atoms with Crippen molar-refractivity contribution in [3.8, 4) is 11.5 Å². The zero-order valence-corrected chi connectivity index (χ0v) is 15.6. The number of nitrogens with one attached hydrogen (secondary N) is 1. The molecule has 3 rings (SSSR count). The molecule has 0 aromatic heterocycles. The molecule has 3 amide bonds. The van der Waals surface area contributed by atoms with Gasteiger partial charge in [0.25, 0.3) is 5.91 Å². The summed E-state index contributed by atoms with van der Waals surface area (Å²) in [7, 11) is 1.59. The van der Waals surface area contributed by atoms with E-state index >= 15 is 0 Å². The van der Waals surface area contributed by atoms with Gasteiger partial charge in [-0.15, -0.1) is 0 Å². The van der Waals surface area contributed by atoms with Gasteiger partial charge in [0.05, 0.1) is 13.7 Å². The number of rotatable bonds is 8. The number of imide groups is 1. The molecule has 1 N–H and O–H groups in total. The molecule has 142 valence electrons. The smallest absolute Gasteiger partial charge is 0.324 e. The summed E-state index contributed by atoms with van der Waals surface area (Å²) in [5.74, 6) is 1.15. The third kappa shape index (κ3) is 4.39. The SMILES string of the molecule is CCOc1ccc(CCN2C(=O)N[C@@H](Cc3ccccc3)C2=O)cc1OC. The first-order chi connectivity index (χ1) is 13.1. The fraction of sp³-hybridized carbons (Fsp3) is 0.333. The number of hydrogen-bond donors (Lipinski definition) is 1. The van der Waals surface area contributed by atoms with Crippen molar-refractivity contribution in [3.05, 3.63) is 59.7 Å². The van der Waals surface area contributed by atoms with Crippen molar-refractivity contribution in [2.45, 2.75) is 25.8 Å². The minimum Gasteiger partial charge on any atom is -0.493 e. The number of carbonyl (C=O) groups is 2. The highest BCUT2D eigenvalue weighted by Crippen LogP contribution is 2.28. The average Bonchev–Trinajstić information content (AvgIpc) is 2.95. The zero-order valence-electron chi connectivity index (χ0n) is 15.6. The number of amides is 3. The van der Waals surface area contributed by atoms with E-state index in [4.69, 9.17) is 9.47 Å². The van der Waals surface area contributed by atoms with Crippen LogP contribution in [-0.4, -0.2) is 43.1 Å². The lowest BCUT2D eigenvalue weighted by atomic mass is 10.1. The van der Waals surface area contributed by atoms with E-state index in [2.05, 4.69) is 5.32 Å². The Morgan fingerprint density at radius 3 is 2.52 bits per heavy atom. The van der Waals surface area contributed by atoms with Crippen molar-refractivity contribution in [2.24, 2.45) is 0 Å². The molecule has 1 atom stereocenters. The van der Waals surface area contributed by atoms with Crippen molar-refractivity contribution in [2.75, 3.05) is 20.3 Å². The average molecular weight is 368 g/mol. The fourth-order valence-electron chi connectivity index (χ4n) is 3.16. The molecular formula is C21H24N2O4. The molecule has 0 spiro atoms. The van der Waals surface area contributed by atoms with Crippen LogP contribution in [0.4, 0.5) is 4.79 Å². The van der Waals surface area contributed by atoms with Crippen LogP contribution < -0.4 is 14.8 Å². The lowest BCUT2D eigenvalue weighted by Gasteiger charge is -2.14. The van der Waals surface area contributed by atoms with Gasteiger partial charge in [0.1, 0.15) is 6.04 Å². The van der Waals surface area contributed by atoms with Gasteiger partial charge in [0.15, 0.2) is 11.5 Å². The van der Waals surface area contributed by atoms with Gasteiger partial charge in [-0.05, 0) is 36.6 Å². The molecule has 1 fully saturated rings. The number of methoxy groups -OCH3 is 1. The summed E-state index contributed by atoms with van der Waals surface area (Å²) < 4.78 is 10.9. The summed E-state index contributed by atoms with van der Waals surface area (Å²) in [5.41, 5.74) is 2.00. The van der Waals surface area contributed by atoms with Gasteiger partial charge in [-0.1, -0.05) is 36.4 Å². The highest BCUT2D eigenvalue weighted by molar-refractivity contribution is 6.04. The number of benzene rings is 2. The Labute approximate surface area is 159 Å². The highest BCUT2D eigenvalue weighted by Gasteiger charge is 2.37. The maximum atomic E-state index is 12.6. The highest BCUT2D eigenvalue weighted by atomic mass is 16.5. The van der Waals surface area contributed by atoms with Crippen LogP contribution in [0.5, 0.6) is 11.5 Å². The quantitative estimate of drug-likeness (QED) is 0.728. The molecule has 1 saturated heterocycles. The Balaban J connectivity index is 1.62. The van der Waals surface area contributed by atoms with Gasteiger partial charge in [-0.2, -0.15) is 0 Å². The Bertz CT molecular complexity index is 807. The standard InChI is InChI=1S/C21H24N2O4/c1-3-27-18-10-9-16(14-19(18)26-2)11-12-23-20(24)17(22-21(23)25)13-15-7-5-4-6-8-15/h4-10,14,17H,3,11-13H2,1-2H3,(H,22,25)/t17-/m0/s1. The van der Waals surface area contributed by atoms with Crippen LogP contribution in [0.25, 0.3) is 0 Å². The van der Waals surface area contributed by atoms with Gasteiger partial charge in [0.2, 0.25) is 0 Å². The molecule has 0 bridgehead atoms. The molecule has 1 aliphatic rings. The number of carbonyl (C=O) groups excluding carboxylic acids is 2. The summed E-state index contributed by atoms with van der Waals surface area (Å²) in [6, 6.07) is 14.5. The molecule has 1 heterocycles. The molecule has 6 heteroatoms. The molecule has 2 aromatic carbocycles. The molecule has 0 aliphatic carbocycles. The van der Waals surface area contributed by atoms with Crippen molar-refractivity contribution >= 4 is 11.9 Å². The van der Waals surface area contributed by atoms with Crippen LogP contribution in [0, 0.1) is 0 Å². The van der Waals surface area contributed by atoms with Crippen LogP contribution in [0.1, 0.15) is 18.1 Å². The molecule has 27 heavy (non-hydrogen) atoms. The van der Waals surface area contributed by atoms with Crippen LogP contribution in [-0.2, 0) is 17.6 Å². The van der Waals surface area contributed by atoms with Crippen LogP contribution >= 0.6 is 0 Å². The Hall–Kier alpha value is -3.02. The number of ether oxygens (including phenoxy) is 2. The first kappa shape index (κ1) is 18.8. The van der Waals surface area contributed by atoms with E-state index in [1.54, 1.807) is 7.11 Å². The number of urea groups is 1. The third-order valence-corrected chi connectivity index (χ3v) is 4.54. The molecule has 2 aromatic rings. The van der Waals surface area contributed by atoms with Crippen molar-refractivity contribution < 1.29 is 19.1 Å². The van der Waals surface area contributed by atoms with E-state index in [-0.39, 0.29) is 11.9 Å². The van der Waals surface area contributed by atoms with Crippen LogP contribution in [0.3, 0.4) is 0 Å².